The van der Waals surface area contributed by atoms with Gasteiger partial charge >= 0.3 is 0 Å². The first kappa shape index (κ1) is 16.0. The van der Waals surface area contributed by atoms with Gasteiger partial charge < -0.3 is 15.4 Å². The zero-order valence-corrected chi connectivity index (χ0v) is 13.2. The molecule has 1 heterocycles. The van der Waals surface area contributed by atoms with Crippen molar-refractivity contribution in [3.63, 3.8) is 0 Å². The third kappa shape index (κ3) is 3.63. The van der Waals surface area contributed by atoms with Crippen LogP contribution in [0.25, 0.3) is 0 Å². The van der Waals surface area contributed by atoms with Gasteiger partial charge in [-0.2, -0.15) is 0 Å². The van der Waals surface area contributed by atoms with Crippen molar-refractivity contribution in [2.75, 3.05) is 26.8 Å². The van der Waals surface area contributed by atoms with Crippen LogP contribution in [0, 0.1) is 12.3 Å². The molecule has 0 radical (unpaired) electrons. The van der Waals surface area contributed by atoms with Crippen LogP contribution in [-0.2, 0) is 9.53 Å². The predicted molar refractivity (Wildman–Crippen MR) is 84.1 cm³/mol. The van der Waals surface area contributed by atoms with Gasteiger partial charge in [0, 0.05) is 7.11 Å². The van der Waals surface area contributed by atoms with Crippen molar-refractivity contribution < 1.29 is 9.53 Å². The van der Waals surface area contributed by atoms with Crippen LogP contribution in [-0.4, -0.2) is 32.7 Å². The Morgan fingerprint density at radius 3 is 2.67 bits per heavy atom. The number of benzene rings is 1. The van der Waals surface area contributed by atoms with Gasteiger partial charge in [-0.15, -0.1) is 0 Å². The normalized spacial score (nSPS) is 19.0. The topological polar surface area (TPSA) is 50.4 Å². The molecule has 0 bridgehead atoms. The fourth-order valence-electron chi connectivity index (χ4n) is 3.12. The summed E-state index contributed by atoms with van der Waals surface area (Å²) >= 11 is 0. The highest BCUT2D eigenvalue weighted by molar-refractivity contribution is 5.83. The molecular weight excluding hydrogens is 264 g/mol. The molecule has 0 aliphatic carbocycles. The molecule has 21 heavy (non-hydrogen) atoms. The Morgan fingerprint density at radius 1 is 1.38 bits per heavy atom. The second kappa shape index (κ2) is 7.05. The van der Waals surface area contributed by atoms with Crippen LogP contribution < -0.4 is 10.6 Å². The van der Waals surface area contributed by atoms with E-state index in [-0.39, 0.29) is 11.9 Å². The highest BCUT2D eigenvalue weighted by atomic mass is 16.5. The standard InChI is InChI=1S/C17H26N2O2/c1-13-6-4-5-7-15(13)14(2)19-16(20)17(12-21-3)8-10-18-11-9-17/h4-7,14,18H,8-12H2,1-3H3,(H,19,20)/t14-/m0/s1. The molecule has 1 aliphatic heterocycles. The van der Waals surface area contributed by atoms with Gasteiger partial charge in [-0.1, -0.05) is 24.3 Å². The number of carbonyl (C=O) groups excluding carboxylic acids is 1. The molecule has 0 spiro atoms. The zero-order chi connectivity index (χ0) is 15.3. The minimum Gasteiger partial charge on any atom is -0.384 e. The van der Waals surface area contributed by atoms with Gasteiger partial charge in [0.1, 0.15) is 0 Å². The number of hydrogen-bond acceptors (Lipinski definition) is 3. The summed E-state index contributed by atoms with van der Waals surface area (Å²) in [5.74, 6) is 0.113. The molecular formula is C17H26N2O2. The third-order valence-corrected chi connectivity index (χ3v) is 4.47. The van der Waals surface area contributed by atoms with Crippen LogP contribution >= 0.6 is 0 Å². The second-order valence-electron chi connectivity index (χ2n) is 6.02. The molecule has 0 unspecified atom stereocenters. The van der Waals surface area contributed by atoms with Crippen molar-refractivity contribution in [2.24, 2.45) is 5.41 Å². The number of amides is 1. The number of aryl methyl sites for hydroxylation is 1. The van der Waals surface area contributed by atoms with Gasteiger partial charge in [0.2, 0.25) is 5.91 Å². The van der Waals surface area contributed by atoms with E-state index in [4.69, 9.17) is 4.74 Å². The van der Waals surface area contributed by atoms with Gasteiger partial charge in [0.15, 0.2) is 0 Å². The highest BCUT2D eigenvalue weighted by Crippen LogP contribution is 2.30. The predicted octanol–water partition coefficient (Wildman–Crippen LogP) is 2.19. The van der Waals surface area contributed by atoms with Crippen LogP contribution in [0.3, 0.4) is 0 Å². The van der Waals surface area contributed by atoms with E-state index in [2.05, 4.69) is 29.7 Å². The molecule has 1 amide bonds. The van der Waals surface area contributed by atoms with Gasteiger partial charge in [-0.3, -0.25) is 4.79 Å². The monoisotopic (exact) mass is 290 g/mol. The van der Waals surface area contributed by atoms with Gasteiger partial charge in [0.25, 0.3) is 0 Å². The van der Waals surface area contributed by atoms with Crippen LogP contribution in [0.15, 0.2) is 24.3 Å². The molecule has 1 saturated heterocycles. The Hall–Kier alpha value is -1.39. The largest absolute Gasteiger partial charge is 0.384 e. The lowest BCUT2D eigenvalue weighted by Gasteiger charge is -2.36. The van der Waals surface area contributed by atoms with Crippen LogP contribution in [0.4, 0.5) is 0 Å². The molecule has 2 rings (SSSR count). The van der Waals surface area contributed by atoms with Gasteiger partial charge in [-0.05, 0) is 50.9 Å². The van der Waals surface area contributed by atoms with Crippen molar-refractivity contribution >= 4 is 5.91 Å². The van der Waals surface area contributed by atoms with E-state index >= 15 is 0 Å². The minimum absolute atomic E-state index is 0.0160. The smallest absolute Gasteiger partial charge is 0.229 e. The summed E-state index contributed by atoms with van der Waals surface area (Å²) in [5, 5.41) is 6.50. The SMILES string of the molecule is COCC1(C(=O)N[C@@H](C)c2ccccc2C)CCNCC1. The number of ether oxygens (including phenoxy) is 1. The molecule has 1 aromatic carbocycles. The molecule has 4 nitrogen and oxygen atoms in total. The molecule has 1 aliphatic rings. The number of rotatable bonds is 5. The second-order valence-corrected chi connectivity index (χ2v) is 6.02. The summed E-state index contributed by atoms with van der Waals surface area (Å²) in [5.41, 5.74) is 1.99. The quantitative estimate of drug-likeness (QED) is 0.874. The molecule has 1 aromatic rings. The molecule has 116 valence electrons. The van der Waals surface area contributed by atoms with Gasteiger partial charge in [0.05, 0.1) is 18.1 Å². The van der Waals surface area contributed by atoms with E-state index in [0.29, 0.717) is 6.61 Å². The lowest BCUT2D eigenvalue weighted by molar-refractivity contribution is -0.136. The number of piperidine rings is 1. The van der Waals surface area contributed by atoms with E-state index in [1.807, 2.05) is 19.1 Å². The Bertz CT molecular complexity index is 476. The molecule has 2 N–H and O–H groups in total. The Balaban J connectivity index is 2.10. The molecule has 1 atom stereocenters. The van der Waals surface area contributed by atoms with Crippen LogP contribution in [0.5, 0.6) is 0 Å². The maximum absolute atomic E-state index is 12.8. The molecule has 0 saturated carbocycles. The van der Waals surface area contributed by atoms with Crippen molar-refractivity contribution in [2.45, 2.75) is 32.7 Å². The first-order valence-corrected chi connectivity index (χ1v) is 7.65. The Morgan fingerprint density at radius 2 is 2.05 bits per heavy atom. The number of hydrogen-bond donors (Lipinski definition) is 2. The van der Waals surface area contributed by atoms with Gasteiger partial charge in [-0.25, -0.2) is 0 Å². The van der Waals surface area contributed by atoms with E-state index in [0.717, 1.165) is 25.9 Å². The first-order chi connectivity index (χ1) is 10.1. The van der Waals surface area contributed by atoms with Crippen molar-refractivity contribution in [3.8, 4) is 0 Å². The Labute approximate surface area is 127 Å². The lowest BCUT2D eigenvalue weighted by atomic mass is 9.78. The average molecular weight is 290 g/mol. The molecule has 0 aromatic heterocycles. The molecule has 1 fully saturated rings. The summed E-state index contributed by atoms with van der Waals surface area (Å²) in [6, 6.07) is 8.20. The zero-order valence-electron chi connectivity index (χ0n) is 13.2. The fraction of sp³-hybridized carbons (Fsp3) is 0.588. The maximum Gasteiger partial charge on any atom is 0.229 e. The minimum atomic E-state index is -0.392. The average Bonchev–Trinajstić information content (AvgIpc) is 2.48. The number of nitrogens with one attached hydrogen (secondary N) is 2. The summed E-state index contributed by atoms with van der Waals surface area (Å²) in [6.07, 6.45) is 1.65. The number of carbonyl (C=O) groups is 1. The Kier molecular flexibility index (Phi) is 5.37. The summed E-state index contributed by atoms with van der Waals surface area (Å²) in [4.78, 5) is 12.8. The van der Waals surface area contributed by atoms with E-state index in [1.165, 1.54) is 11.1 Å². The van der Waals surface area contributed by atoms with Crippen LogP contribution in [0.2, 0.25) is 0 Å². The van der Waals surface area contributed by atoms with Crippen LogP contribution in [0.1, 0.15) is 36.9 Å². The fourth-order valence-corrected chi connectivity index (χ4v) is 3.12. The van der Waals surface area contributed by atoms with E-state index in [1.54, 1.807) is 7.11 Å². The summed E-state index contributed by atoms with van der Waals surface area (Å²) < 4.78 is 5.33. The summed E-state index contributed by atoms with van der Waals surface area (Å²) in [6.45, 7) is 6.35. The third-order valence-electron chi connectivity index (χ3n) is 4.47. The summed E-state index contributed by atoms with van der Waals surface area (Å²) in [7, 11) is 1.67. The van der Waals surface area contributed by atoms with Crippen molar-refractivity contribution in [1.29, 1.82) is 0 Å². The van der Waals surface area contributed by atoms with Crippen molar-refractivity contribution in [3.05, 3.63) is 35.4 Å². The maximum atomic E-state index is 12.8. The lowest BCUT2D eigenvalue weighted by Crippen LogP contribution is -2.50. The van der Waals surface area contributed by atoms with E-state index in [9.17, 15) is 4.79 Å². The highest BCUT2D eigenvalue weighted by Gasteiger charge is 2.40. The molecule has 4 heteroatoms. The first-order valence-electron chi connectivity index (χ1n) is 7.65. The van der Waals surface area contributed by atoms with E-state index < -0.39 is 5.41 Å². The number of methoxy groups -OCH3 is 1. The van der Waals surface area contributed by atoms with Crippen molar-refractivity contribution in [1.82, 2.24) is 10.6 Å².